The van der Waals surface area contributed by atoms with Crippen molar-refractivity contribution < 1.29 is 0 Å². The number of anilines is 1. The van der Waals surface area contributed by atoms with Gasteiger partial charge in [0.25, 0.3) is 0 Å². The monoisotopic (exact) mass is 312 g/mol. The van der Waals surface area contributed by atoms with E-state index in [4.69, 9.17) is 16.6 Å². The highest BCUT2D eigenvalue weighted by atomic mass is 35.5. The molecule has 0 fully saturated rings. The van der Waals surface area contributed by atoms with Crippen LogP contribution >= 0.6 is 11.6 Å². The maximum absolute atomic E-state index is 6.03. The van der Waals surface area contributed by atoms with Crippen molar-refractivity contribution in [1.29, 1.82) is 0 Å². The van der Waals surface area contributed by atoms with E-state index in [-0.39, 0.29) is 0 Å². The number of amidine groups is 1. The van der Waals surface area contributed by atoms with Crippen LogP contribution in [0.3, 0.4) is 0 Å². The molecule has 1 atom stereocenters. The van der Waals surface area contributed by atoms with Crippen molar-refractivity contribution in [3.05, 3.63) is 64.7 Å². The summed E-state index contributed by atoms with van der Waals surface area (Å²) in [5.74, 6) is 1.38. The van der Waals surface area contributed by atoms with Gasteiger partial charge in [-0.1, -0.05) is 48.9 Å². The van der Waals surface area contributed by atoms with E-state index < -0.39 is 0 Å². The van der Waals surface area contributed by atoms with Gasteiger partial charge in [0.05, 0.1) is 0 Å². The number of aliphatic imine (C=N–C) groups is 1. The average Bonchev–Trinajstić information content (AvgIpc) is 2.73. The highest BCUT2D eigenvalue weighted by molar-refractivity contribution is 6.30. The van der Waals surface area contributed by atoms with Gasteiger partial charge in [-0.2, -0.15) is 0 Å². The zero-order valence-corrected chi connectivity index (χ0v) is 13.6. The first-order valence-electron chi connectivity index (χ1n) is 7.92. The molecule has 0 aromatic heterocycles. The molecule has 3 heteroatoms. The third-order valence-electron chi connectivity index (χ3n) is 4.09. The molecule has 2 aromatic rings. The van der Waals surface area contributed by atoms with E-state index in [1.165, 1.54) is 16.8 Å². The third-order valence-corrected chi connectivity index (χ3v) is 4.34. The topological polar surface area (TPSA) is 24.4 Å². The molecule has 2 nitrogen and oxygen atoms in total. The first kappa shape index (κ1) is 15.1. The van der Waals surface area contributed by atoms with Crippen LogP contribution in [0.15, 0.2) is 53.5 Å². The molecule has 2 aromatic carbocycles. The van der Waals surface area contributed by atoms with Crippen LogP contribution in [0, 0.1) is 0 Å². The van der Waals surface area contributed by atoms with Gasteiger partial charge in [0, 0.05) is 23.2 Å². The predicted molar refractivity (Wildman–Crippen MR) is 95.2 cm³/mol. The van der Waals surface area contributed by atoms with Gasteiger partial charge in [0.2, 0.25) is 0 Å². The lowest BCUT2D eigenvalue weighted by Gasteiger charge is -2.18. The van der Waals surface area contributed by atoms with Gasteiger partial charge in [-0.15, -0.1) is 0 Å². The molecule has 1 aliphatic heterocycles. The molecule has 3 rings (SSSR count). The molecule has 1 heterocycles. The lowest BCUT2D eigenvalue weighted by molar-refractivity contribution is 0.768. The smallest absolute Gasteiger partial charge is 0.108 e. The molecule has 0 aliphatic carbocycles. The van der Waals surface area contributed by atoms with E-state index in [0.29, 0.717) is 5.92 Å². The average molecular weight is 313 g/mol. The predicted octanol–water partition coefficient (Wildman–Crippen LogP) is 5.29. The summed E-state index contributed by atoms with van der Waals surface area (Å²) in [6.45, 7) is 3.01. The van der Waals surface area contributed by atoms with Crippen molar-refractivity contribution >= 4 is 23.1 Å². The van der Waals surface area contributed by atoms with Crippen molar-refractivity contribution in [2.24, 2.45) is 4.99 Å². The van der Waals surface area contributed by atoms with Crippen LogP contribution in [0.1, 0.15) is 36.8 Å². The third kappa shape index (κ3) is 3.33. The second kappa shape index (κ2) is 6.97. The van der Waals surface area contributed by atoms with Crippen LogP contribution in [0.4, 0.5) is 5.69 Å². The van der Waals surface area contributed by atoms with Crippen molar-refractivity contribution in [3.8, 4) is 0 Å². The second-order valence-electron chi connectivity index (χ2n) is 5.69. The first-order chi connectivity index (χ1) is 10.8. The quantitative estimate of drug-likeness (QED) is 0.818. The lowest BCUT2D eigenvalue weighted by Crippen LogP contribution is -2.20. The number of benzene rings is 2. The van der Waals surface area contributed by atoms with Crippen LogP contribution < -0.4 is 5.32 Å². The SMILES string of the molecule is CCCN=C1Nc2ccccc2CCC1c1ccc(Cl)cc1. The molecule has 0 bridgehead atoms. The summed E-state index contributed by atoms with van der Waals surface area (Å²) >= 11 is 6.03. The van der Waals surface area contributed by atoms with Crippen LogP contribution in [0.5, 0.6) is 0 Å². The van der Waals surface area contributed by atoms with Gasteiger partial charge in [-0.3, -0.25) is 4.99 Å². The minimum absolute atomic E-state index is 0.302. The highest BCUT2D eigenvalue weighted by Crippen LogP contribution is 2.31. The summed E-state index contributed by atoms with van der Waals surface area (Å²) in [7, 11) is 0. The van der Waals surface area contributed by atoms with Gasteiger partial charge in [0.15, 0.2) is 0 Å². The normalized spacial score (nSPS) is 19.4. The molecular formula is C19H21ClN2. The van der Waals surface area contributed by atoms with Gasteiger partial charge in [0.1, 0.15) is 5.84 Å². The van der Waals surface area contributed by atoms with Crippen molar-refractivity contribution in [3.63, 3.8) is 0 Å². The Morgan fingerprint density at radius 1 is 1.14 bits per heavy atom. The summed E-state index contributed by atoms with van der Waals surface area (Å²) in [4.78, 5) is 4.81. The zero-order chi connectivity index (χ0) is 15.4. The van der Waals surface area contributed by atoms with Crippen LogP contribution in [-0.2, 0) is 6.42 Å². The molecule has 0 saturated carbocycles. The number of nitrogens with one attached hydrogen (secondary N) is 1. The Labute approximate surface area is 137 Å². The number of fused-ring (bicyclic) bond motifs is 1. The maximum Gasteiger partial charge on any atom is 0.108 e. The number of hydrogen-bond acceptors (Lipinski definition) is 1. The Kier molecular flexibility index (Phi) is 4.79. The van der Waals surface area contributed by atoms with E-state index in [0.717, 1.165) is 36.7 Å². The van der Waals surface area contributed by atoms with Gasteiger partial charge < -0.3 is 5.32 Å². The number of aryl methyl sites for hydroxylation is 1. The van der Waals surface area contributed by atoms with E-state index in [1.807, 2.05) is 12.1 Å². The molecular weight excluding hydrogens is 292 g/mol. The van der Waals surface area contributed by atoms with E-state index >= 15 is 0 Å². The molecule has 114 valence electrons. The Hall–Kier alpha value is -1.80. The minimum Gasteiger partial charge on any atom is -0.343 e. The largest absolute Gasteiger partial charge is 0.343 e. The van der Waals surface area contributed by atoms with Crippen LogP contribution in [0.25, 0.3) is 0 Å². The van der Waals surface area contributed by atoms with Crippen molar-refractivity contribution in [2.45, 2.75) is 32.1 Å². The molecule has 0 saturated heterocycles. The first-order valence-corrected chi connectivity index (χ1v) is 8.30. The van der Waals surface area contributed by atoms with Crippen molar-refractivity contribution in [1.82, 2.24) is 0 Å². The standard InChI is InChI=1S/C19H21ClN2/c1-2-13-21-19-17(14-7-10-16(20)11-8-14)12-9-15-5-3-4-6-18(15)22-19/h3-8,10-11,17H,2,9,12-13H2,1H3,(H,21,22). The minimum atomic E-state index is 0.302. The van der Waals surface area contributed by atoms with Crippen LogP contribution in [0.2, 0.25) is 5.02 Å². The number of halogens is 1. The van der Waals surface area contributed by atoms with Gasteiger partial charge >= 0.3 is 0 Å². The maximum atomic E-state index is 6.03. The summed E-state index contributed by atoms with van der Waals surface area (Å²) in [6.07, 6.45) is 3.18. The Morgan fingerprint density at radius 3 is 2.68 bits per heavy atom. The summed E-state index contributed by atoms with van der Waals surface area (Å²) in [5.41, 5.74) is 3.83. The molecule has 1 aliphatic rings. The van der Waals surface area contributed by atoms with E-state index in [2.05, 4.69) is 48.6 Å². The number of para-hydroxylation sites is 1. The number of rotatable bonds is 3. The summed E-state index contributed by atoms with van der Waals surface area (Å²) in [5, 5.41) is 4.35. The lowest BCUT2D eigenvalue weighted by atomic mass is 9.92. The summed E-state index contributed by atoms with van der Waals surface area (Å²) < 4.78 is 0. The second-order valence-corrected chi connectivity index (χ2v) is 6.13. The van der Waals surface area contributed by atoms with Gasteiger partial charge in [-0.25, -0.2) is 0 Å². The van der Waals surface area contributed by atoms with Gasteiger partial charge in [-0.05, 0) is 48.6 Å². The van der Waals surface area contributed by atoms with E-state index in [9.17, 15) is 0 Å². The Balaban J connectivity index is 1.96. The number of hydrogen-bond donors (Lipinski definition) is 1. The molecule has 0 amide bonds. The van der Waals surface area contributed by atoms with Crippen molar-refractivity contribution in [2.75, 3.05) is 11.9 Å². The van der Waals surface area contributed by atoms with Crippen LogP contribution in [-0.4, -0.2) is 12.4 Å². The molecule has 1 unspecified atom stereocenters. The summed E-state index contributed by atoms with van der Waals surface area (Å²) in [6, 6.07) is 16.7. The molecule has 0 radical (unpaired) electrons. The zero-order valence-electron chi connectivity index (χ0n) is 12.8. The highest BCUT2D eigenvalue weighted by Gasteiger charge is 2.23. The fraction of sp³-hybridized carbons (Fsp3) is 0.316. The Morgan fingerprint density at radius 2 is 1.91 bits per heavy atom. The fourth-order valence-electron chi connectivity index (χ4n) is 2.92. The molecule has 1 N–H and O–H groups in total. The fourth-order valence-corrected chi connectivity index (χ4v) is 3.05. The molecule has 22 heavy (non-hydrogen) atoms. The molecule has 0 spiro atoms. The number of nitrogens with zero attached hydrogens (tertiary/aromatic N) is 1. The van der Waals surface area contributed by atoms with E-state index in [1.54, 1.807) is 0 Å². The Bertz CT molecular complexity index is 661.